The van der Waals surface area contributed by atoms with E-state index in [0.717, 1.165) is 49.9 Å². The molecule has 1 saturated carbocycles. The van der Waals surface area contributed by atoms with Gasteiger partial charge < -0.3 is 14.4 Å². The zero-order chi connectivity index (χ0) is 12.6. The van der Waals surface area contributed by atoms with Crippen molar-refractivity contribution in [2.24, 2.45) is 0 Å². The van der Waals surface area contributed by atoms with Gasteiger partial charge in [-0.25, -0.2) is 4.98 Å². The van der Waals surface area contributed by atoms with E-state index in [1.54, 1.807) is 0 Å². The summed E-state index contributed by atoms with van der Waals surface area (Å²) >= 11 is 1.48. The second-order valence-electron chi connectivity index (χ2n) is 5.07. The molecule has 18 heavy (non-hydrogen) atoms. The maximum absolute atomic E-state index is 5.75. The van der Waals surface area contributed by atoms with Gasteiger partial charge in [-0.1, -0.05) is 0 Å². The Hall–Kier alpha value is -0.720. The number of hydrogen-bond donors (Lipinski definition) is 0. The topological polar surface area (TPSA) is 47.5 Å². The molecule has 1 saturated heterocycles. The van der Waals surface area contributed by atoms with Gasteiger partial charge in [-0.05, 0) is 19.8 Å². The third-order valence-electron chi connectivity index (χ3n) is 3.90. The van der Waals surface area contributed by atoms with Gasteiger partial charge in [-0.15, -0.1) is 0 Å². The summed E-state index contributed by atoms with van der Waals surface area (Å²) in [6, 6.07) is 0.524. The van der Waals surface area contributed by atoms with Gasteiger partial charge in [0.1, 0.15) is 5.82 Å². The minimum atomic E-state index is -0.269. The fourth-order valence-electron chi connectivity index (χ4n) is 2.80. The predicted octanol–water partition coefficient (Wildman–Crippen LogP) is 1.97. The lowest BCUT2D eigenvalue weighted by atomic mass is 9.89. The lowest BCUT2D eigenvalue weighted by Gasteiger charge is -2.38. The molecule has 0 bridgehead atoms. The molecule has 0 aromatic carbocycles. The van der Waals surface area contributed by atoms with Crippen LogP contribution in [0.2, 0.25) is 0 Å². The molecule has 1 aromatic rings. The molecule has 5 nitrogen and oxygen atoms in total. The zero-order valence-electron chi connectivity index (χ0n) is 10.9. The van der Waals surface area contributed by atoms with Crippen LogP contribution in [0.25, 0.3) is 0 Å². The Balaban J connectivity index is 1.62. The van der Waals surface area contributed by atoms with Gasteiger partial charge in [0.25, 0.3) is 0 Å². The first-order chi connectivity index (χ1) is 8.69. The van der Waals surface area contributed by atoms with E-state index in [9.17, 15) is 0 Å². The first-order valence-electron chi connectivity index (χ1n) is 6.50. The van der Waals surface area contributed by atoms with Crippen LogP contribution < -0.4 is 4.90 Å². The number of anilines is 1. The summed E-state index contributed by atoms with van der Waals surface area (Å²) in [5.74, 6) is 0.588. The van der Waals surface area contributed by atoms with Crippen LogP contribution in [-0.2, 0) is 9.47 Å². The van der Waals surface area contributed by atoms with E-state index in [0.29, 0.717) is 6.04 Å². The third kappa shape index (κ3) is 2.24. The van der Waals surface area contributed by atoms with Crippen molar-refractivity contribution in [1.29, 1.82) is 0 Å². The van der Waals surface area contributed by atoms with Crippen LogP contribution in [0.4, 0.5) is 5.13 Å². The molecule has 0 atom stereocenters. The lowest BCUT2D eigenvalue weighted by molar-refractivity contribution is -0.178. The van der Waals surface area contributed by atoms with E-state index >= 15 is 0 Å². The number of hydrogen-bond acceptors (Lipinski definition) is 6. The minimum absolute atomic E-state index is 0.269. The van der Waals surface area contributed by atoms with Crippen molar-refractivity contribution in [2.45, 2.75) is 44.4 Å². The molecule has 1 aromatic heterocycles. The van der Waals surface area contributed by atoms with Crippen LogP contribution in [0.1, 0.15) is 31.5 Å². The first-order valence-corrected chi connectivity index (χ1v) is 7.27. The molecule has 2 heterocycles. The average Bonchev–Trinajstić information content (AvgIpc) is 3.00. The number of rotatable bonds is 2. The summed E-state index contributed by atoms with van der Waals surface area (Å²) in [7, 11) is 2.11. The normalized spacial score (nSPS) is 23.7. The van der Waals surface area contributed by atoms with E-state index in [-0.39, 0.29) is 5.79 Å². The standard InChI is InChI=1S/C12H19N3O2S/c1-9-13-11(18-14-9)15(2)10-3-5-12(6-4-10)16-7-8-17-12/h10H,3-8H2,1-2H3. The molecule has 2 aliphatic rings. The second-order valence-corrected chi connectivity index (χ2v) is 5.80. The van der Waals surface area contributed by atoms with Crippen molar-refractivity contribution in [3.05, 3.63) is 5.82 Å². The Morgan fingerprint density at radius 1 is 1.28 bits per heavy atom. The number of aryl methyl sites for hydroxylation is 1. The predicted molar refractivity (Wildman–Crippen MR) is 69.9 cm³/mol. The molecule has 0 radical (unpaired) electrons. The molecule has 1 aliphatic heterocycles. The van der Waals surface area contributed by atoms with Crippen LogP contribution in [0.5, 0.6) is 0 Å². The molecule has 0 amide bonds. The second kappa shape index (κ2) is 4.75. The summed E-state index contributed by atoms with van der Waals surface area (Å²) in [5, 5.41) is 1.02. The van der Waals surface area contributed by atoms with Gasteiger partial charge in [0.05, 0.1) is 13.2 Å². The SMILES string of the molecule is Cc1nsc(N(C)C2CCC3(CC2)OCCO3)n1. The van der Waals surface area contributed by atoms with E-state index in [1.165, 1.54) is 11.5 Å². The highest BCUT2D eigenvalue weighted by molar-refractivity contribution is 7.09. The smallest absolute Gasteiger partial charge is 0.205 e. The van der Waals surface area contributed by atoms with Crippen LogP contribution >= 0.6 is 11.5 Å². The van der Waals surface area contributed by atoms with Crippen molar-refractivity contribution in [3.8, 4) is 0 Å². The highest BCUT2D eigenvalue weighted by Crippen LogP contribution is 2.38. The molecule has 0 N–H and O–H groups in total. The Labute approximate surface area is 111 Å². The summed E-state index contributed by atoms with van der Waals surface area (Å²) < 4.78 is 15.7. The van der Waals surface area contributed by atoms with E-state index < -0.39 is 0 Å². The quantitative estimate of drug-likeness (QED) is 0.821. The van der Waals surface area contributed by atoms with Crippen LogP contribution in [0.15, 0.2) is 0 Å². The van der Waals surface area contributed by atoms with Crippen LogP contribution in [-0.4, -0.2) is 41.4 Å². The van der Waals surface area contributed by atoms with Crippen molar-refractivity contribution in [2.75, 3.05) is 25.2 Å². The Bertz CT molecular complexity index is 407. The number of nitrogens with zero attached hydrogens (tertiary/aromatic N) is 3. The molecule has 2 fully saturated rings. The Morgan fingerprint density at radius 3 is 2.50 bits per heavy atom. The first kappa shape index (κ1) is 12.3. The van der Waals surface area contributed by atoms with Gasteiger partial charge in [0.15, 0.2) is 5.79 Å². The third-order valence-corrected chi connectivity index (χ3v) is 4.79. The van der Waals surface area contributed by atoms with Gasteiger partial charge in [0.2, 0.25) is 5.13 Å². The molecule has 6 heteroatoms. The lowest BCUT2D eigenvalue weighted by Crippen LogP contribution is -2.42. The monoisotopic (exact) mass is 269 g/mol. The van der Waals surface area contributed by atoms with Gasteiger partial charge in [0, 0.05) is 37.5 Å². The Kier molecular flexibility index (Phi) is 3.25. The fourth-order valence-corrected chi connectivity index (χ4v) is 3.51. The summed E-state index contributed by atoms with van der Waals surface area (Å²) in [6.07, 6.45) is 4.16. The van der Waals surface area contributed by atoms with Crippen molar-refractivity contribution in [1.82, 2.24) is 9.36 Å². The summed E-state index contributed by atoms with van der Waals surface area (Å²) in [6.45, 7) is 3.43. The van der Waals surface area contributed by atoms with E-state index in [2.05, 4.69) is 21.3 Å². The summed E-state index contributed by atoms with van der Waals surface area (Å²) in [5.41, 5.74) is 0. The van der Waals surface area contributed by atoms with Gasteiger partial charge in [-0.3, -0.25) is 0 Å². The molecule has 0 unspecified atom stereocenters. The highest BCUT2D eigenvalue weighted by Gasteiger charge is 2.41. The van der Waals surface area contributed by atoms with Crippen molar-refractivity contribution in [3.63, 3.8) is 0 Å². The van der Waals surface area contributed by atoms with Gasteiger partial charge in [-0.2, -0.15) is 4.37 Å². The average molecular weight is 269 g/mol. The van der Waals surface area contributed by atoms with E-state index in [1.807, 2.05) is 6.92 Å². The molecule has 100 valence electrons. The molecule has 1 spiro atoms. The fraction of sp³-hybridized carbons (Fsp3) is 0.833. The molecule has 3 rings (SSSR count). The molecular weight excluding hydrogens is 250 g/mol. The minimum Gasteiger partial charge on any atom is -0.348 e. The Morgan fingerprint density at radius 2 is 1.94 bits per heavy atom. The maximum Gasteiger partial charge on any atom is 0.205 e. The number of aromatic nitrogens is 2. The number of ether oxygens (including phenoxy) is 2. The van der Waals surface area contributed by atoms with Crippen LogP contribution in [0, 0.1) is 6.92 Å². The van der Waals surface area contributed by atoms with Crippen LogP contribution in [0.3, 0.4) is 0 Å². The summed E-state index contributed by atoms with van der Waals surface area (Å²) in [4.78, 5) is 6.70. The molecular formula is C12H19N3O2S. The van der Waals surface area contributed by atoms with Gasteiger partial charge >= 0.3 is 0 Å². The molecule has 1 aliphatic carbocycles. The van der Waals surface area contributed by atoms with Crippen molar-refractivity contribution >= 4 is 16.7 Å². The highest BCUT2D eigenvalue weighted by atomic mass is 32.1. The van der Waals surface area contributed by atoms with E-state index in [4.69, 9.17) is 9.47 Å². The maximum atomic E-state index is 5.75. The largest absolute Gasteiger partial charge is 0.348 e. The zero-order valence-corrected chi connectivity index (χ0v) is 11.7. The van der Waals surface area contributed by atoms with Crippen molar-refractivity contribution < 1.29 is 9.47 Å².